The zero-order chi connectivity index (χ0) is 21.0. The van der Waals surface area contributed by atoms with E-state index >= 15 is 0 Å². The number of nitrogens with one attached hydrogen (secondary N) is 2. The molecule has 3 rings (SSSR count). The molecule has 2 aromatic rings. The van der Waals surface area contributed by atoms with E-state index in [9.17, 15) is 9.59 Å². The van der Waals surface area contributed by atoms with E-state index in [0.29, 0.717) is 12.1 Å². The van der Waals surface area contributed by atoms with Crippen molar-refractivity contribution in [3.63, 3.8) is 0 Å². The van der Waals surface area contributed by atoms with Crippen LogP contribution in [0.15, 0.2) is 52.9 Å². The predicted molar refractivity (Wildman–Crippen MR) is 122 cm³/mol. The maximum absolute atomic E-state index is 12.8. The molecule has 1 fully saturated rings. The van der Waals surface area contributed by atoms with Crippen molar-refractivity contribution in [2.75, 3.05) is 19.6 Å². The highest BCUT2D eigenvalue weighted by molar-refractivity contribution is 7.11. The molecule has 6 nitrogen and oxygen atoms in total. The summed E-state index contributed by atoms with van der Waals surface area (Å²) in [7, 11) is 0. The first kappa shape index (κ1) is 22.2. The summed E-state index contributed by atoms with van der Waals surface area (Å²) in [4.78, 5) is 28.2. The molecule has 0 aliphatic carbocycles. The minimum atomic E-state index is -0.171. The molecular formula is C23H30N4O2S. The van der Waals surface area contributed by atoms with Crippen molar-refractivity contribution in [3.05, 3.63) is 58.3 Å². The van der Waals surface area contributed by atoms with Gasteiger partial charge in [-0.25, -0.2) is 5.43 Å². The van der Waals surface area contributed by atoms with Gasteiger partial charge >= 0.3 is 0 Å². The van der Waals surface area contributed by atoms with Crippen LogP contribution < -0.4 is 10.7 Å². The number of likely N-dealkylation sites (tertiary alicyclic amines) is 1. The van der Waals surface area contributed by atoms with Crippen LogP contribution in [0.2, 0.25) is 0 Å². The van der Waals surface area contributed by atoms with Crippen LogP contribution in [0.4, 0.5) is 0 Å². The van der Waals surface area contributed by atoms with Gasteiger partial charge in [0.05, 0.1) is 12.3 Å². The van der Waals surface area contributed by atoms with Crippen molar-refractivity contribution in [3.8, 4) is 0 Å². The van der Waals surface area contributed by atoms with E-state index in [1.807, 2.05) is 47.8 Å². The average molecular weight is 427 g/mol. The fourth-order valence-electron chi connectivity index (χ4n) is 3.66. The fourth-order valence-corrected chi connectivity index (χ4v) is 4.25. The first-order chi connectivity index (χ1) is 14.7. The molecule has 2 heterocycles. The third-order valence-corrected chi connectivity index (χ3v) is 6.08. The maximum Gasteiger partial charge on any atom is 0.257 e. The number of rotatable bonds is 10. The lowest BCUT2D eigenvalue weighted by Gasteiger charge is -2.33. The Morgan fingerprint density at radius 3 is 2.60 bits per heavy atom. The lowest BCUT2D eigenvalue weighted by molar-refractivity contribution is -0.127. The second-order valence-electron chi connectivity index (χ2n) is 7.48. The number of amides is 2. The molecule has 1 saturated heterocycles. The number of nitrogens with zero attached hydrogens (tertiary/aromatic N) is 2. The van der Waals surface area contributed by atoms with Gasteiger partial charge in [-0.15, -0.1) is 11.3 Å². The minimum Gasteiger partial charge on any atom is -0.352 e. The van der Waals surface area contributed by atoms with Crippen LogP contribution in [-0.4, -0.2) is 48.6 Å². The molecule has 160 valence electrons. The highest BCUT2D eigenvalue weighted by Gasteiger charge is 2.26. The van der Waals surface area contributed by atoms with E-state index in [-0.39, 0.29) is 17.9 Å². The molecule has 1 aliphatic heterocycles. The Bertz CT molecular complexity index is 802. The van der Waals surface area contributed by atoms with Gasteiger partial charge in [-0.05, 0) is 68.8 Å². The molecule has 2 amide bonds. The number of thiophene rings is 1. The van der Waals surface area contributed by atoms with Crippen molar-refractivity contribution in [1.29, 1.82) is 0 Å². The molecule has 7 heteroatoms. The molecule has 0 spiro atoms. The van der Waals surface area contributed by atoms with E-state index in [4.69, 9.17) is 0 Å². The number of benzene rings is 1. The smallest absolute Gasteiger partial charge is 0.257 e. The van der Waals surface area contributed by atoms with Gasteiger partial charge < -0.3 is 5.32 Å². The Balaban J connectivity index is 1.45. The number of carbonyl (C=O) groups is 2. The maximum atomic E-state index is 12.8. The average Bonchev–Trinajstić information content (AvgIpc) is 3.30. The highest BCUT2D eigenvalue weighted by atomic mass is 32.1. The standard InChI is InChI=1S/C23H30N4O2S/c28-22(19-10-3-1-4-11-19)24-14-6-5-13-21(27-15-7-2-8-16-27)23(29)26-25-18-20-12-9-17-30-20/h1,3-4,9-12,17-18,21H,2,5-8,13-16H2,(H,24,28)(H,26,29)/b25-18+. The topological polar surface area (TPSA) is 73.8 Å². The van der Waals surface area contributed by atoms with E-state index in [2.05, 4.69) is 20.7 Å². The summed E-state index contributed by atoms with van der Waals surface area (Å²) in [6, 6.07) is 13.0. The highest BCUT2D eigenvalue weighted by Crippen LogP contribution is 2.16. The summed E-state index contributed by atoms with van der Waals surface area (Å²) in [5.41, 5.74) is 3.40. The van der Waals surface area contributed by atoms with Crippen LogP contribution in [0.5, 0.6) is 0 Å². The molecule has 0 radical (unpaired) electrons. The molecule has 0 bridgehead atoms. The first-order valence-corrected chi connectivity index (χ1v) is 11.6. The third-order valence-electron chi connectivity index (χ3n) is 5.27. The molecular weight excluding hydrogens is 396 g/mol. The van der Waals surface area contributed by atoms with Gasteiger partial charge in [0, 0.05) is 17.0 Å². The number of hydrazone groups is 1. The van der Waals surface area contributed by atoms with Crippen molar-refractivity contribution in [1.82, 2.24) is 15.6 Å². The normalized spacial score (nSPS) is 15.7. The fraction of sp³-hybridized carbons (Fsp3) is 0.435. The molecule has 1 atom stereocenters. The number of carbonyl (C=O) groups excluding carboxylic acids is 2. The van der Waals surface area contributed by atoms with E-state index < -0.39 is 0 Å². The summed E-state index contributed by atoms with van der Waals surface area (Å²) in [5.74, 6) is -0.0955. The predicted octanol–water partition coefficient (Wildman–Crippen LogP) is 3.65. The zero-order valence-electron chi connectivity index (χ0n) is 17.3. The first-order valence-electron chi connectivity index (χ1n) is 10.7. The lowest BCUT2D eigenvalue weighted by atomic mass is 10.0. The van der Waals surface area contributed by atoms with Crippen LogP contribution in [0.25, 0.3) is 0 Å². The quantitative estimate of drug-likeness (QED) is 0.346. The monoisotopic (exact) mass is 426 g/mol. The number of hydrogen-bond donors (Lipinski definition) is 2. The van der Waals surface area contributed by atoms with Crippen molar-refractivity contribution in [2.24, 2.45) is 5.10 Å². The third kappa shape index (κ3) is 7.07. The van der Waals surface area contributed by atoms with E-state index in [0.717, 1.165) is 50.1 Å². The Hall–Kier alpha value is -2.51. The zero-order valence-corrected chi connectivity index (χ0v) is 18.1. The summed E-state index contributed by atoms with van der Waals surface area (Å²) < 4.78 is 0. The van der Waals surface area contributed by atoms with Gasteiger partial charge in [-0.3, -0.25) is 14.5 Å². The Morgan fingerprint density at radius 1 is 1.07 bits per heavy atom. The van der Waals surface area contributed by atoms with Gasteiger partial charge in [0.15, 0.2) is 0 Å². The number of piperidine rings is 1. The lowest BCUT2D eigenvalue weighted by Crippen LogP contribution is -2.47. The second-order valence-corrected chi connectivity index (χ2v) is 8.46. The van der Waals surface area contributed by atoms with Crippen LogP contribution in [0.1, 0.15) is 53.8 Å². The molecule has 1 aromatic carbocycles. The van der Waals surface area contributed by atoms with Crippen LogP contribution in [-0.2, 0) is 4.79 Å². The number of unbranched alkanes of at least 4 members (excludes halogenated alkanes) is 1. The Kier molecular flexibility index (Phi) is 9.05. The van der Waals surface area contributed by atoms with E-state index in [1.54, 1.807) is 17.6 Å². The largest absolute Gasteiger partial charge is 0.352 e. The number of hydrogen-bond acceptors (Lipinski definition) is 5. The van der Waals surface area contributed by atoms with E-state index in [1.165, 1.54) is 6.42 Å². The molecule has 30 heavy (non-hydrogen) atoms. The Morgan fingerprint density at radius 2 is 1.87 bits per heavy atom. The summed E-state index contributed by atoms with van der Waals surface area (Å²) in [6.07, 6.45) is 7.67. The van der Waals surface area contributed by atoms with Crippen molar-refractivity contribution >= 4 is 29.4 Å². The van der Waals surface area contributed by atoms with Crippen LogP contribution in [0, 0.1) is 0 Å². The van der Waals surface area contributed by atoms with Gasteiger partial charge in [-0.2, -0.15) is 5.10 Å². The molecule has 2 N–H and O–H groups in total. The minimum absolute atomic E-state index is 0.0435. The van der Waals surface area contributed by atoms with Gasteiger partial charge in [0.1, 0.15) is 0 Å². The molecule has 1 unspecified atom stereocenters. The summed E-state index contributed by atoms with van der Waals surface area (Å²) in [6.45, 7) is 2.52. The SMILES string of the molecule is O=C(NCCCCC(C(=O)N/N=C/c1cccs1)N1CCCCC1)c1ccccc1. The van der Waals surface area contributed by atoms with Crippen molar-refractivity contribution in [2.45, 2.75) is 44.6 Å². The van der Waals surface area contributed by atoms with Crippen LogP contribution >= 0.6 is 11.3 Å². The summed E-state index contributed by atoms with van der Waals surface area (Å²) in [5, 5.41) is 9.07. The molecule has 1 aliphatic rings. The molecule has 0 saturated carbocycles. The second kappa shape index (κ2) is 12.2. The van der Waals surface area contributed by atoms with Gasteiger partial charge in [-0.1, -0.05) is 30.7 Å². The van der Waals surface area contributed by atoms with Crippen molar-refractivity contribution < 1.29 is 9.59 Å². The molecule has 1 aromatic heterocycles. The van der Waals surface area contributed by atoms with Crippen LogP contribution in [0.3, 0.4) is 0 Å². The summed E-state index contributed by atoms with van der Waals surface area (Å²) >= 11 is 1.59. The van der Waals surface area contributed by atoms with Gasteiger partial charge in [0.25, 0.3) is 11.8 Å². The van der Waals surface area contributed by atoms with Gasteiger partial charge in [0.2, 0.25) is 0 Å². The Labute approximate surface area is 182 Å².